The normalized spacial score (nSPS) is 17.0. The first kappa shape index (κ1) is 14.3. The van der Waals surface area contributed by atoms with Gasteiger partial charge in [-0.15, -0.1) is 11.3 Å². The van der Waals surface area contributed by atoms with Crippen LogP contribution in [0.2, 0.25) is 0 Å². The summed E-state index contributed by atoms with van der Waals surface area (Å²) in [5.41, 5.74) is 0.919. The van der Waals surface area contributed by atoms with Gasteiger partial charge in [-0.25, -0.2) is 4.98 Å². The number of fused-ring (bicyclic) bond motifs is 1. The second-order valence-corrected chi connectivity index (χ2v) is 6.49. The van der Waals surface area contributed by atoms with Crippen molar-refractivity contribution in [2.75, 3.05) is 14.2 Å². The molecule has 5 heteroatoms. The van der Waals surface area contributed by atoms with Crippen LogP contribution in [-0.4, -0.2) is 25.2 Å². The van der Waals surface area contributed by atoms with Crippen LogP contribution < -0.4 is 4.74 Å². The summed E-state index contributed by atoms with van der Waals surface area (Å²) < 4.78 is 11.3. The van der Waals surface area contributed by atoms with Crippen molar-refractivity contribution in [1.29, 1.82) is 0 Å². The molecule has 2 aromatic rings. The molecule has 1 unspecified atom stereocenters. The summed E-state index contributed by atoms with van der Waals surface area (Å²) in [7, 11) is 3.11. The second-order valence-electron chi connectivity index (χ2n) is 5.43. The molecule has 1 atom stereocenters. The van der Waals surface area contributed by atoms with Crippen LogP contribution in [0.1, 0.15) is 36.6 Å². The monoisotopic (exact) mass is 305 g/mol. The first-order valence-corrected chi connectivity index (χ1v) is 8.07. The number of thiazole rings is 1. The van der Waals surface area contributed by atoms with Crippen molar-refractivity contribution in [1.82, 2.24) is 4.98 Å². The van der Waals surface area contributed by atoms with Crippen LogP contribution >= 0.6 is 11.3 Å². The summed E-state index contributed by atoms with van der Waals surface area (Å²) in [5.74, 6) is 0.793. The van der Waals surface area contributed by atoms with Crippen LogP contribution in [-0.2, 0) is 9.53 Å². The molecule has 21 heavy (non-hydrogen) atoms. The zero-order valence-electron chi connectivity index (χ0n) is 12.3. The molecule has 1 aliphatic rings. The zero-order valence-corrected chi connectivity index (χ0v) is 13.1. The van der Waals surface area contributed by atoms with Gasteiger partial charge in [0.2, 0.25) is 0 Å². The molecule has 0 spiro atoms. The molecule has 1 aliphatic carbocycles. The average molecular weight is 305 g/mol. The van der Waals surface area contributed by atoms with Crippen molar-refractivity contribution in [3.8, 4) is 5.75 Å². The summed E-state index contributed by atoms with van der Waals surface area (Å²) in [6, 6.07) is 5.81. The van der Waals surface area contributed by atoms with Crippen LogP contribution in [0.25, 0.3) is 10.2 Å². The lowest BCUT2D eigenvalue weighted by molar-refractivity contribution is -0.143. The molecule has 0 saturated heterocycles. The van der Waals surface area contributed by atoms with Gasteiger partial charge in [0, 0.05) is 0 Å². The number of ether oxygens (including phenoxy) is 2. The zero-order chi connectivity index (χ0) is 14.8. The lowest BCUT2D eigenvalue weighted by Gasteiger charge is -2.18. The predicted octanol–water partition coefficient (Wildman–Crippen LogP) is 3.75. The molecule has 112 valence electrons. The lowest BCUT2D eigenvalue weighted by atomic mass is 9.91. The van der Waals surface area contributed by atoms with Crippen LogP contribution in [0.4, 0.5) is 0 Å². The van der Waals surface area contributed by atoms with Crippen molar-refractivity contribution in [3.63, 3.8) is 0 Å². The summed E-state index contributed by atoms with van der Waals surface area (Å²) in [6.45, 7) is 0. The first-order chi connectivity index (χ1) is 10.2. The molecule has 3 rings (SSSR count). The van der Waals surface area contributed by atoms with E-state index in [9.17, 15) is 4.79 Å². The van der Waals surface area contributed by atoms with E-state index in [1.165, 1.54) is 20.0 Å². The van der Waals surface area contributed by atoms with E-state index in [4.69, 9.17) is 9.47 Å². The number of hydrogen-bond donors (Lipinski definition) is 0. The number of benzene rings is 1. The van der Waals surface area contributed by atoms with E-state index < -0.39 is 0 Å². The van der Waals surface area contributed by atoms with Crippen molar-refractivity contribution in [2.24, 2.45) is 5.92 Å². The number of aromatic nitrogens is 1. The number of esters is 1. The van der Waals surface area contributed by atoms with Crippen molar-refractivity contribution in [3.05, 3.63) is 23.2 Å². The number of hydrogen-bond acceptors (Lipinski definition) is 5. The van der Waals surface area contributed by atoms with Gasteiger partial charge in [0.25, 0.3) is 0 Å². The minimum atomic E-state index is -0.221. The molecule has 0 N–H and O–H groups in total. The van der Waals surface area contributed by atoms with E-state index in [1.54, 1.807) is 18.4 Å². The highest BCUT2D eigenvalue weighted by atomic mass is 32.1. The van der Waals surface area contributed by atoms with E-state index in [0.717, 1.165) is 33.8 Å². The third kappa shape index (κ3) is 2.75. The van der Waals surface area contributed by atoms with Gasteiger partial charge < -0.3 is 9.47 Å². The van der Waals surface area contributed by atoms with Crippen LogP contribution in [0.5, 0.6) is 5.75 Å². The van der Waals surface area contributed by atoms with E-state index in [0.29, 0.717) is 5.92 Å². The van der Waals surface area contributed by atoms with E-state index in [1.807, 2.05) is 18.2 Å². The molecule has 1 heterocycles. The average Bonchev–Trinajstić information content (AvgIpc) is 3.15. The molecular weight excluding hydrogens is 286 g/mol. The topological polar surface area (TPSA) is 48.4 Å². The van der Waals surface area contributed by atoms with Gasteiger partial charge in [-0.05, 0) is 37.0 Å². The Kier molecular flexibility index (Phi) is 4.10. The highest BCUT2D eigenvalue weighted by Gasteiger charge is 2.35. The molecule has 1 aromatic heterocycles. The quantitative estimate of drug-likeness (QED) is 0.807. The molecule has 0 bridgehead atoms. The van der Waals surface area contributed by atoms with Gasteiger partial charge >= 0.3 is 5.97 Å². The maximum atomic E-state index is 12.2. The van der Waals surface area contributed by atoms with Crippen LogP contribution in [0.3, 0.4) is 0 Å². The fourth-order valence-corrected chi connectivity index (χ4v) is 4.27. The molecular formula is C16H19NO3S. The number of carbonyl (C=O) groups is 1. The Bertz CT molecular complexity index is 646. The Morgan fingerprint density at radius 2 is 2.10 bits per heavy atom. The van der Waals surface area contributed by atoms with Gasteiger partial charge in [-0.1, -0.05) is 12.8 Å². The van der Waals surface area contributed by atoms with Crippen molar-refractivity contribution in [2.45, 2.75) is 31.6 Å². The van der Waals surface area contributed by atoms with Gasteiger partial charge in [-0.2, -0.15) is 0 Å². The lowest BCUT2D eigenvalue weighted by Crippen LogP contribution is -2.21. The van der Waals surface area contributed by atoms with Crippen LogP contribution in [0, 0.1) is 5.92 Å². The summed E-state index contributed by atoms with van der Waals surface area (Å²) in [6.07, 6.45) is 4.55. The Hall–Kier alpha value is -1.62. The number of rotatable bonds is 4. The van der Waals surface area contributed by atoms with E-state index in [-0.39, 0.29) is 11.9 Å². The third-order valence-corrected chi connectivity index (χ3v) is 5.31. The van der Waals surface area contributed by atoms with Gasteiger partial charge in [-0.3, -0.25) is 4.79 Å². The van der Waals surface area contributed by atoms with Gasteiger partial charge in [0.15, 0.2) is 0 Å². The fraction of sp³-hybridized carbons (Fsp3) is 0.500. The number of methoxy groups -OCH3 is 2. The summed E-state index contributed by atoms with van der Waals surface area (Å²) >= 11 is 1.57. The largest absolute Gasteiger partial charge is 0.497 e. The maximum absolute atomic E-state index is 12.2. The second kappa shape index (κ2) is 6.02. The number of nitrogens with zero attached hydrogens (tertiary/aromatic N) is 1. The Balaban J connectivity index is 1.99. The SMILES string of the molecule is COC(=O)C(c1nc2ccc(OC)cc2s1)C1CCCC1. The maximum Gasteiger partial charge on any atom is 0.315 e. The number of carbonyl (C=O) groups excluding carboxylic acids is 1. The Morgan fingerprint density at radius 3 is 2.76 bits per heavy atom. The summed E-state index contributed by atoms with van der Waals surface area (Å²) in [5, 5.41) is 0.872. The van der Waals surface area contributed by atoms with Gasteiger partial charge in [0.05, 0.1) is 24.4 Å². The molecule has 0 radical (unpaired) electrons. The van der Waals surface area contributed by atoms with Crippen molar-refractivity contribution >= 4 is 27.5 Å². The molecule has 1 saturated carbocycles. The van der Waals surface area contributed by atoms with E-state index in [2.05, 4.69) is 4.98 Å². The summed E-state index contributed by atoms with van der Waals surface area (Å²) in [4.78, 5) is 16.9. The van der Waals surface area contributed by atoms with Gasteiger partial charge in [0.1, 0.15) is 16.7 Å². The molecule has 4 nitrogen and oxygen atoms in total. The molecule has 1 fully saturated rings. The molecule has 1 aromatic carbocycles. The Morgan fingerprint density at radius 1 is 1.33 bits per heavy atom. The predicted molar refractivity (Wildman–Crippen MR) is 82.9 cm³/mol. The first-order valence-electron chi connectivity index (χ1n) is 7.25. The minimum absolute atomic E-state index is 0.159. The molecule has 0 amide bonds. The third-order valence-electron chi connectivity index (χ3n) is 4.20. The highest BCUT2D eigenvalue weighted by Crippen LogP contribution is 2.41. The smallest absolute Gasteiger partial charge is 0.315 e. The minimum Gasteiger partial charge on any atom is -0.497 e. The van der Waals surface area contributed by atoms with Crippen molar-refractivity contribution < 1.29 is 14.3 Å². The Labute approximate surface area is 128 Å². The highest BCUT2D eigenvalue weighted by molar-refractivity contribution is 7.18. The fourth-order valence-electron chi connectivity index (χ4n) is 3.10. The van der Waals surface area contributed by atoms with Crippen LogP contribution in [0.15, 0.2) is 18.2 Å². The standard InChI is InChI=1S/C16H19NO3S/c1-19-11-7-8-12-13(9-11)21-15(17-12)14(16(18)20-2)10-5-3-4-6-10/h7-10,14H,3-6H2,1-2H3. The molecule has 0 aliphatic heterocycles. The van der Waals surface area contributed by atoms with E-state index >= 15 is 0 Å².